The number of fused-ring (bicyclic) bond motifs is 3. The van der Waals surface area contributed by atoms with Crippen molar-refractivity contribution in [2.75, 3.05) is 67.5 Å². The number of anilines is 3. The highest BCUT2D eigenvalue weighted by molar-refractivity contribution is 7.13. The molecule has 12 rings (SSSR count). The van der Waals surface area contributed by atoms with E-state index in [1.165, 1.54) is 27.0 Å². The van der Waals surface area contributed by atoms with Gasteiger partial charge in [0.1, 0.15) is 5.82 Å². The molecule has 5 amide bonds. The van der Waals surface area contributed by atoms with Crippen molar-refractivity contribution in [3.63, 3.8) is 0 Å². The zero-order valence-electron chi connectivity index (χ0n) is 37.4. The summed E-state index contributed by atoms with van der Waals surface area (Å²) in [6.45, 7) is 3.38. The van der Waals surface area contributed by atoms with E-state index in [0.717, 1.165) is 49.4 Å². The molecule has 0 aliphatic carbocycles. The fourth-order valence-corrected chi connectivity index (χ4v) is 11.5. The molecule has 4 saturated heterocycles. The van der Waals surface area contributed by atoms with E-state index >= 15 is 13.2 Å². The molecule has 358 valence electrons. The van der Waals surface area contributed by atoms with Crippen molar-refractivity contribution in [1.82, 2.24) is 49.2 Å². The van der Waals surface area contributed by atoms with Gasteiger partial charge in [-0.3, -0.25) is 44.2 Å². The van der Waals surface area contributed by atoms with Crippen molar-refractivity contribution in [2.24, 2.45) is 12.5 Å². The predicted molar refractivity (Wildman–Crippen MR) is 255 cm³/mol. The highest BCUT2D eigenvalue weighted by Crippen LogP contribution is 2.44. The number of halogens is 3. The van der Waals surface area contributed by atoms with Crippen LogP contribution >= 0.6 is 11.3 Å². The Balaban J connectivity index is 0.00000291. The topological polar surface area (TPSA) is 172 Å². The minimum atomic E-state index is -3.09. The third-order valence-corrected chi connectivity index (χ3v) is 15.1. The van der Waals surface area contributed by atoms with Crippen molar-refractivity contribution >= 4 is 73.5 Å². The largest absolute Gasteiger partial charge is 0.370 e. The fourth-order valence-electron chi connectivity index (χ4n) is 11.0. The molecule has 0 saturated carbocycles. The fraction of sp³-hybridized carbons (Fsp3) is 0.375. The second-order valence-electron chi connectivity index (χ2n) is 19.0. The molecule has 3 aromatic carbocycles. The first kappa shape index (κ1) is 43.2. The van der Waals surface area contributed by atoms with E-state index in [2.05, 4.69) is 30.6 Å². The molecule has 2 atom stereocenters. The van der Waals surface area contributed by atoms with E-state index in [4.69, 9.17) is 5.10 Å². The van der Waals surface area contributed by atoms with Gasteiger partial charge in [-0.1, -0.05) is 18.2 Å². The van der Waals surface area contributed by atoms with Crippen molar-refractivity contribution in [3.8, 4) is 11.1 Å². The summed E-state index contributed by atoms with van der Waals surface area (Å²) in [6.07, 6.45) is 6.96. The van der Waals surface area contributed by atoms with Gasteiger partial charge in [-0.15, -0.1) is 11.3 Å². The average Bonchev–Trinajstić information content (AvgIpc) is 4.15. The van der Waals surface area contributed by atoms with Gasteiger partial charge < -0.3 is 14.4 Å². The summed E-state index contributed by atoms with van der Waals surface area (Å²) < 4.78 is 52.7. The molecule has 5 aliphatic rings. The molecular formula is C48H50F3N13O4S. The number of piperidine rings is 1. The van der Waals surface area contributed by atoms with Crippen LogP contribution in [0.5, 0.6) is 0 Å². The van der Waals surface area contributed by atoms with E-state index in [1.807, 2.05) is 34.9 Å². The molecule has 0 bridgehead atoms. The van der Waals surface area contributed by atoms with E-state index in [0.29, 0.717) is 69.2 Å². The molecule has 5 aliphatic heterocycles. The van der Waals surface area contributed by atoms with Crippen LogP contribution in [0.4, 0.5) is 34.6 Å². The first-order valence-corrected chi connectivity index (χ1v) is 23.9. The number of nitrogens with one attached hydrogen (secondary N) is 2. The lowest BCUT2D eigenvalue weighted by atomic mass is 9.72. The van der Waals surface area contributed by atoms with Crippen LogP contribution in [0.15, 0.2) is 78.7 Å². The molecule has 2 unspecified atom stereocenters. The maximum absolute atomic E-state index is 15.9. The quantitative estimate of drug-likeness (QED) is 0.159. The molecule has 2 N–H and O–H groups in total. The number of hydrogen-bond acceptors (Lipinski definition) is 11. The molecule has 4 aromatic heterocycles. The SMILES string of the molecule is Cn1nc(N2CCC(=O)NC2=O)c2ccc(C3CCN(CC(=O)N4CC5(C4)CN(c4ccc(-c6cc(F)c7cn(C(C(=O)Nc8nccs8)c8ncn9c8CCC9)nc7c6)cc4)C5)CC3(F)F)cc21.[HH].[HH]. The molecule has 17 nitrogen and oxygen atoms in total. The number of benzene rings is 3. The average molecular weight is 962 g/mol. The van der Waals surface area contributed by atoms with Gasteiger partial charge in [0.25, 0.3) is 11.8 Å². The van der Waals surface area contributed by atoms with Gasteiger partial charge in [-0.2, -0.15) is 10.2 Å². The Kier molecular flexibility index (Phi) is 10.2. The summed E-state index contributed by atoms with van der Waals surface area (Å²) in [5, 5.41) is 17.5. The standard InChI is InChI=1S/C48H46F3N13O4S.2H2/c1-58-38-19-29(6-9-32(38)43(57-58)63-15-11-39(65)54-46(63)68)34-10-14-59(26-48(34,50)51)21-40(66)62-24-47(25-62)22-61(23-47)31-7-4-28(5-8-31)30-17-35(49)33-20-64(56-36(33)18-30)42(44(67)55-45-52-12-16-69-45)41-37-3-2-13-60(37)27-53-41;;/h4-9,12,16-20,27,34,42H,2-3,10-11,13-15,21-26H2,1H3,(H,52,55,67)(H,54,65,68);2*1H. The minimum absolute atomic E-state index is 0. The monoisotopic (exact) mass is 961 g/mol. The summed E-state index contributed by atoms with van der Waals surface area (Å²) in [5.74, 6) is -5.10. The van der Waals surface area contributed by atoms with E-state index in [1.54, 1.807) is 63.8 Å². The molecular weight excluding hydrogens is 912 g/mol. The van der Waals surface area contributed by atoms with E-state index in [9.17, 15) is 19.2 Å². The number of thiazole rings is 1. The Hall–Kier alpha value is -7.13. The number of carbonyl (C=O) groups excluding carboxylic acids is 4. The third kappa shape index (κ3) is 7.58. The van der Waals surface area contributed by atoms with Crippen LogP contribution in [0, 0.1) is 11.2 Å². The smallest absolute Gasteiger partial charge is 0.329 e. The zero-order valence-corrected chi connectivity index (χ0v) is 38.3. The van der Waals surface area contributed by atoms with Gasteiger partial charge in [-0.25, -0.2) is 27.9 Å². The summed E-state index contributed by atoms with van der Waals surface area (Å²) in [5.41, 5.74) is 5.42. The van der Waals surface area contributed by atoms with Crippen molar-refractivity contribution in [3.05, 3.63) is 101 Å². The third-order valence-electron chi connectivity index (χ3n) is 14.4. The Morgan fingerprint density at radius 2 is 1.77 bits per heavy atom. The van der Waals surface area contributed by atoms with Crippen molar-refractivity contribution in [2.45, 2.75) is 50.1 Å². The van der Waals surface area contributed by atoms with Crippen LogP contribution in [0.1, 0.15) is 51.0 Å². The van der Waals surface area contributed by atoms with Crippen LogP contribution < -0.4 is 20.4 Å². The van der Waals surface area contributed by atoms with E-state index in [-0.39, 0.29) is 51.9 Å². The summed E-state index contributed by atoms with van der Waals surface area (Å²) in [6, 6.07) is 14.8. The number of likely N-dealkylation sites (tertiary alicyclic amines) is 2. The van der Waals surface area contributed by atoms with Crippen LogP contribution in [-0.2, 0) is 34.4 Å². The molecule has 7 aromatic rings. The first-order chi connectivity index (χ1) is 33.3. The maximum atomic E-state index is 15.9. The Bertz CT molecular complexity index is 3220. The number of amides is 5. The number of nitrogens with zero attached hydrogens (tertiary/aromatic N) is 11. The summed E-state index contributed by atoms with van der Waals surface area (Å²) in [7, 11) is 1.69. The van der Waals surface area contributed by atoms with Crippen molar-refractivity contribution < 1.29 is 35.2 Å². The highest BCUT2D eigenvalue weighted by atomic mass is 32.1. The Morgan fingerprint density at radius 3 is 2.54 bits per heavy atom. The zero-order chi connectivity index (χ0) is 47.3. The molecule has 0 radical (unpaired) electrons. The second-order valence-corrected chi connectivity index (χ2v) is 19.9. The highest BCUT2D eigenvalue weighted by Gasteiger charge is 2.54. The van der Waals surface area contributed by atoms with Crippen LogP contribution in [-0.4, -0.2) is 126 Å². The van der Waals surface area contributed by atoms with Gasteiger partial charge in [0.05, 0.1) is 47.4 Å². The van der Waals surface area contributed by atoms with Gasteiger partial charge in [-0.05, 0) is 78.9 Å². The second kappa shape index (κ2) is 16.3. The number of aryl methyl sites for hydroxylation is 2. The Morgan fingerprint density at radius 1 is 0.942 bits per heavy atom. The normalized spacial score (nSPS) is 20.3. The van der Waals surface area contributed by atoms with Gasteiger partial charge in [0, 0.05) is 95.5 Å². The molecule has 69 heavy (non-hydrogen) atoms. The molecule has 1 spiro atoms. The number of imide groups is 1. The number of urea groups is 1. The van der Waals surface area contributed by atoms with E-state index < -0.39 is 36.3 Å². The first-order valence-electron chi connectivity index (χ1n) is 23.0. The lowest BCUT2D eigenvalue weighted by molar-refractivity contribution is -0.149. The number of alkyl halides is 2. The number of rotatable bonds is 10. The Labute approximate surface area is 399 Å². The number of imidazole rings is 1. The lowest BCUT2D eigenvalue weighted by Gasteiger charge is -2.61. The summed E-state index contributed by atoms with van der Waals surface area (Å²) >= 11 is 1.31. The molecule has 9 heterocycles. The minimum Gasteiger partial charge on any atom is -0.370 e. The maximum Gasteiger partial charge on any atom is 0.329 e. The number of aromatic nitrogens is 7. The number of hydrogen-bond donors (Lipinski definition) is 2. The van der Waals surface area contributed by atoms with Crippen LogP contribution in [0.2, 0.25) is 0 Å². The molecule has 21 heteroatoms. The molecule has 4 fully saturated rings. The number of carbonyl (C=O) groups is 4. The summed E-state index contributed by atoms with van der Waals surface area (Å²) in [4.78, 5) is 67.1. The van der Waals surface area contributed by atoms with Crippen LogP contribution in [0.25, 0.3) is 32.9 Å². The van der Waals surface area contributed by atoms with Gasteiger partial charge in [0.2, 0.25) is 11.8 Å². The predicted octanol–water partition coefficient (Wildman–Crippen LogP) is 6.27. The van der Waals surface area contributed by atoms with Gasteiger partial charge >= 0.3 is 6.03 Å². The lowest BCUT2D eigenvalue weighted by Crippen LogP contribution is -2.73. The van der Waals surface area contributed by atoms with Gasteiger partial charge in [0.15, 0.2) is 17.0 Å². The van der Waals surface area contributed by atoms with Crippen LogP contribution in [0.3, 0.4) is 0 Å². The van der Waals surface area contributed by atoms with Crippen molar-refractivity contribution in [1.29, 1.82) is 0 Å².